The van der Waals surface area contributed by atoms with Crippen LogP contribution >= 0.6 is 23.2 Å². The van der Waals surface area contributed by atoms with Gasteiger partial charge in [-0.1, -0.05) is 41.4 Å². The smallest absolute Gasteiger partial charge is 0.262 e. The summed E-state index contributed by atoms with van der Waals surface area (Å²) in [5.41, 5.74) is 2.73. The number of hydrogen-bond donors (Lipinski definition) is 1. The quantitative estimate of drug-likeness (QED) is 0.295. The number of H-pyrrole nitrogens is 1. The topological polar surface area (TPSA) is 115 Å². The summed E-state index contributed by atoms with van der Waals surface area (Å²) >= 11 is 12.7. The first kappa shape index (κ1) is 29.1. The molecule has 0 spiro atoms. The molecule has 0 radical (unpaired) electrons. The number of aromatic nitrogens is 4. The fourth-order valence-electron chi connectivity index (χ4n) is 5.12. The summed E-state index contributed by atoms with van der Waals surface area (Å²) in [7, 11) is -3.58. The highest BCUT2D eigenvalue weighted by Crippen LogP contribution is 2.38. The molecule has 0 atom stereocenters. The lowest BCUT2D eigenvalue weighted by Gasteiger charge is -2.41. The molecule has 0 aliphatic carbocycles. The molecular weight excluding hydrogens is 603 g/mol. The van der Waals surface area contributed by atoms with Gasteiger partial charge in [-0.15, -0.1) is 0 Å². The van der Waals surface area contributed by atoms with E-state index in [0.717, 1.165) is 11.3 Å². The van der Waals surface area contributed by atoms with Crippen molar-refractivity contribution in [3.63, 3.8) is 0 Å². The van der Waals surface area contributed by atoms with E-state index >= 15 is 0 Å². The number of anilines is 1. The van der Waals surface area contributed by atoms with E-state index in [1.54, 1.807) is 24.7 Å². The van der Waals surface area contributed by atoms with Crippen LogP contribution < -0.4 is 4.90 Å². The highest BCUT2D eigenvalue weighted by molar-refractivity contribution is 7.89. The van der Waals surface area contributed by atoms with E-state index in [1.165, 1.54) is 16.8 Å². The third-order valence-corrected chi connectivity index (χ3v) is 9.74. The molecule has 2 aromatic heterocycles. The Morgan fingerprint density at radius 1 is 1.05 bits per heavy atom. The second-order valence-electron chi connectivity index (χ2n) is 10.1. The number of benzene rings is 2. The maximum atomic E-state index is 12.7. The summed E-state index contributed by atoms with van der Waals surface area (Å²) in [5, 5.41) is 1.04. The van der Waals surface area contributed by atoms with Gasteiger partial charge in [0.2, 0.25) is 5.79 Å². The number of piperazine rings is 1. The summed E-state index contributed by atoms with van der Waals surface area (Å²) < 4.78 is 47.6. The Kier molecular flexibility index (Phi) is 8.55. The van der Waals surface area contributed by atoms with Gasteiger partial charge in [-0.2, -0.15) is 4.31 Å². The van der Waals surface area contributed by atoms with Gasteiger partial charge in [0, 0.05) is 61.0 Å². The summed E-state index contributed by atoms with van der Waals surface area (Å²) in [6, 6.07) is 13.4. The van der Waals surface area contributed by atoms with Gasteiger partial charge in [-0.25, -0.2) is 18.4 Å². The van der Waals surface area contributed by atoms with Gasteiger partial charge in [0.1, 0.15) is 6.10 Å². The fraction of sp³-hybridized carbons (Fsp3) is 0.357. The van der Waals surface area contributed by atoms with Crippen LogP contribution in [0.5, 0.6) is 0 Å². The first-order chi connectivity index (χ1) is 20.3. The van der Waals surface area contributed by atoms with Crippen LogP contribution in [-0.4, -0.2) is 77.7 Å². The minimum atomic E-state index is -3.58. The number of halogens is 2. The summed E-state index contributed by atoms with van der Waals surface area (Å²) in [6.45, 7) is 3.36. The Balaban J connectivity index is 1.03. The lowest BCUT2D eigenvalue weighted by atomic mass is 10.0. The molecule has 2 aromatic carbocycles. The van der Waals surface area contributed by atoms with E-state index < -0.39 is 15.8 Å². The van der Waals surface area contributed by atoms with Crippen LogP contribution in [0.25, 0.3) is 0 Å². The van der Waals surface area contributed by atoms with Crippen molar-refractivity contribution < 1.29 is 22.6 Å². The van der Waals surface area contributed by atoms with Crippen LogP contribution in [0.15, 0.2) is 78.7 Å². The molecule has 222 valence electrons. The molecular formula is C28H30Cl2N6O5S. The zero-order valence-corrected chi connectivity index (χ0v) is 24.9. The van der Waals surface area contributed by atoms with Crippen molar-refractivity contribution >= 4 is 38.9 Å². The predicted octanol–water partition coefficient (Wildman–Crippen LogP) is 3.91. The van der Waals surface area contributed by atoms with E-state index in [-0.39, 0.29) is 11.1 Å². The number of ether oxygens (including phenoxy) is 3. The molecule has 0 saturated carbocycles. The Morgan fingerprint density at radius 2 is 1.81 bits per heavy atom. The summed E-state index contributed by atoms with van der Waals surface area (Å²) in [5.74, 6) is -1.11. The van der Waals surface area contributed by atoms with Crippen molar-refractivity contribution in [3.05, 3.63) is 94.9 Å². The third kappa shape index (κ3) is 6.20. The van der Waals surface area contributed by atoms with Gasteiger partial charge in [0.25, 0.3) is 10.0 Å². The predicted molar refractivity (Wildman–Crippen MR) is 157 cm³/mol. The summed E-state index contributed by atoms with van der Waals surface area (Å²) in [6.07, 6.45) is 7.75. The van der Waals surface area contributed by atoms with Gasteiger partial charge in [0.05, 0.1) is 44.0 Å². The maximum absolute atomic E-state index is 12.7. The van der Waals surface area contributed by atoms with E-state index in [2.05, 4.69) is 19.9 Å². The van der Waals surface area contributed by atoms with Gasteiger partial charge in [-0.05, 0) is 29.8 Å². The number of hydrogen-bond acceptors (Lipinski definition) is 8. The number of imidazole rings is 2. The Hall–Kier alpha value is -2.97. The van der Waals surface area contributed by atoms with E-state index in [1.807, 2.05) is 41.1 Å². The van der Waals surface area contributed by atoms with Gasteiger partial charge in [-0.3, -0.25) is 0 Å². The number of nitrogens with zero attached hydrogens (tertiary/aromatic N) is 5. The van der Waals surface area contributed by atoms with Crippen LogP contribution in [0, 0.1) is 0 Å². The summed E-state index contributed by atoms with van der Waals surface area (Å²) in [4.78, 5) is 12.9. The maximum Gasteiger partial charge on any atom is 0.262 e. The van der Waals surface area contributed by atoms with Gasteiger partial charge >= 0.3 is 0 Å². The molecule has 2 fully saturated rings. The monoisotopic (exact) mass is 632 g/mol. The molecule has 6 rings (SSSR count). The van der Waals surface area contributed by atoms with Crippen molar-refractivity contribution in [2.24, 2.45) is 0 Å². The molecule has 0 amide bonds. The molecule has 0 unspecified atom stereocenters. The highest BCUT2D eigenvalue weighted by Gasteiger charge is 2.42. The zero-order valence-electron chi connectivity index (χ0n) is 22.6. The lowest BCUT2D eigenvalue weighted by molar-refractivity contribution is -0.313. The minimum absolute atomic E-state index is 0.0479. The third-order valence-electron chi connectivity index (χ3n) is 7.40. The first-order valence-corrected chi connectivity index (χ1v) is 15.7. The second kappa shape index (κ2) is 12.3. The molecule has 2 aliphatic rings. The number of aromatic amines is 1. The number of sulfonamides is 1. The number of rotatable bonds is 9. The van der Waals surface area contributed by atoms with E-state index in [4.69, 9.17) is 37.4 Å². The first-order valence-electron chi connectivity index (χ1n) is 13.5. The average molecular weight is 634 g/mol. The molecule has 2 saturated heterocycles. The van der Waals surface area contributed by atoms with E-state index in [0.29, 0.717) is 68.2 Å². The molecule has 4 heterocycles. The van der Waals surface area contributed by atoms with Crippen molar-refractivity contribution in [3.8, 4) is 0 Å². The van der Waals surface area contributed by atoms with Crippen molar-refractivity contribution in [2.45, 2.75) is 30.1 Å². The lowest BCUT2D eigenvalue weighted by Crippen LogP contribution is -2.48. The normalized spacial score (nSPS) is 22.0. The van der Waals surface area contributed by atoms with Crippen molar-refractivity contribution in [2.75, 3.05) is 44.3 Å². The average Bonchev–Trinajstić information content (AvgIpc) is 3.73. The molecule has 1 N–H and O–H groups in total. The molecule has 4 aromatic rings. The zero-order chi connectivity index (χ0) is 29.2. The van der Waals surface area contributed by atoms with Crippen molar-refractivity contribution in [1.29, 1.82) is 0 Å². The standard InChI is InChI=1S/C28H30Cl2N6O5S/c29-22-3-6-25(26(30)13-22)28(18-34-8-7-31-20-34)40-16-24(17-41-28)39-15-21-1-4-23(5-2-21)35-9-11-36(12-10-35)42(37,38)27-14-32-19-33-27/h1-8,13-14,19-20,24H,9-12,15-18H2,(H,32,33). The largest absolute Gasteiger partial charge is 0.369 e. The van der Waals surface area contributed by atoms with Crippen LogP contribution in [-0.2, 0) is 43.2 Å². The molecule has 11 nitrogen and oxygen atoms in total. The molecule has 2 aliphatic heterocycles. The van der Waals surface area contributed by atoms with Gasteiger partial charge in [0.15, 0.2) is 5.03 Å². The number of nitrogens with one attached hydrogen (secondary N) is 1. The van der Waals surface area contributed by atoms with Crippen molar-refractivity contribution in [1.82, 2.24) is 23.8 Å². The van der Waals surface area contributed by atoms with E-state index in [9.17, 15) is 8.42 Å². The fourth-order valence-corrected chi connectivity index (χ4v) is 6.98. The molecule has 14 heteroatoms. The minimum Gasteiger partial charge on any atom is -0.369 e. The Morgan fingerprint density at radius 3 is 2.45 bits per heavy atom. The van der Waals surface area contributed by atoms with Crippen LogP contribution in [0.1, 0.15) is 11.1 Å². The SMILES string of the molecule is O=S(=O)(c1c[nH]cn1)N1CCN(c2ccc(COC3COC(Cn4ccnc4)(c4ccc(Cl)cc4Cl)OC3)cc2)CC1. The highest BCUT2D eigenvalue weighted by atomic mass is 35.5. The Labute approximate surface area is 254 Å². The Bertz CT molecular complexity index is 1570. The second-order valence-corrected chi connectivity index (χ2v) is 12.9. The van der Waals surface area contributed by atoms with Gasteiger partial charge < -0.3 is 28.7 Å². The van der Waals surface area contributed by atoms with Crippen LogP contribution in [0.3, 0.4) is 0 Å². The van der Waals surface area contributed by atoms with Crippen LogP contribution in [0.4, 0.5) is 5.69 Å². The molecule has 0 bridgehead atoms. The van der Waals surface area contributed by atoms with Crippen LogP contribution in [0.2, 0.25) is 10.0 Å². The molecule has 42 heavy (non-hydrogen) atoms.